The van der Waals surface area contributed by atoms with Crippen LogP contribution in [0.25, 0.3) is 10.4 Å². The molecule has 0 bridgehead atoms. The lowest BCUT2D eigenvalue weighted by Gasteiger charge is -2.05. The van der Waals surface area contributed by atoms with Gasteiger partial charge < -0.3 is 5.32 Å². The van der Waals surface area contributed by atoms with Crippen molar-refractivity contribution in [1.29, 1.82) is 0 Å². The van der Waals surface area contributed by atoms with Gasteiger partial charge in [0.25, 0.3) is 0 Å². The molecule has 0 spiro atoms. The Kier molecular flexibility index (Phi) is 6.31. The number of nitrogens with zero attached hydrogens (tertiary/aromatic N) is 1. The summed E-state index contributed by atoms with van der Waals surface area (Å²) in [6.07, 6.45) is 2.79. The second-order valence-corrected chi connectivity index (χ2v) is 8.16. The van der Waals surface area contributed by atoms with Crippen LogP contribution in [0.5, 0.6) is 0 Å². The van der Waals surface area contributed by atoms with Crippen LogP contribution >= 0.6 is 50.5 Å². The van der Waals surface area contributed by atoms with Gasteiger partial charge in [-0.2, -0.15) is 0 Å². The fourth-order valence-corrected chi connectivity index (χ4v) is 3.94. The van der Waals surface area contributed by atoms with E-state index in [9.17, 15) is 0 Å². The molecule has 0 saturated heterocycles. The molecule has 0 atom stereocenters. The zero-order chi connectivity index (χ0) is 16.9. The number of aromatic nitrogens is 1. The standard InChI is InChI=1S/C18H15BrCl2N2S/c19-14-4-1-13(2-5-14)17-10-23-18(24-17)11-22-8-7-12-3-6-15(20)9-16(12)21/h1-6,9-10,22H,7-8,11H2. The van der Waals surface area contributed by atoms with Gasteiger partial charge in [0.1, 0.15) is 5.01 Å². The van der Waals surface area contributed by atoms with E-state index in [1.54, 1.807) is 17.4 Å². The van der Waals surface area contributed by atoms with Crippen molar-refractivity contribution in [3.63, 3.8) is 0 Å². The number of rotatable bonds is 6. The normalized spacial score (nSPS) is 11.0. The van der Waals surface area contributed by atoms with E-state index in [1.165, 1.54) is 10.4 Å². The van der Waals surface area contributed by atoms with Crippen molar-refractivity contribution in [2.75, 3.05) is 6.54 Å². The molecule has 0 radical (unpaired) electrons. The molecule has 6 heteroatoms. The zero-order valence-corrected chi connectivity index (χ0v) is 16.6. The van der Waals surface area contributed by atoms with Crippen molar-refractivity contribution in [2.24, 2.45) is 0 Å². The van der Waals surface area contributed by atoms with Gasteiger partial charge in [-0.1, -0.05) is 57.3 Å². The molecule has 0 aliphatic heterocycles. The Morgan fingerprint density at radius 1 is 1.08 bits per heavy atom. The van der Waals surface area contributed by atoms with Gasteiger partial charge in [0, 0.05) is 27.3 Å². The first kappa shape index (κ1) is 17.9. The second-order valence-electron chi connectivity index (χ2n) is 5.29. The summed E-state index contributed by atoms with van der Waals surface area (Å²) in [6.45, 7) is 1.60. The van der Waals surface area contributed by atoms with Gasteiger partial charge in [0.15, 0.2) is 0 Å². The fourth-order valence-electron chi connectivity index (χ4n) is 2.28. The van der Waals surface area contributed by atoms with E-state index in [2.05, 4.69) is 38.4 Å². The molecule has 0 saturated carbocycles. The molecule has 0 unspecified atom stereocenters. The number of hydrogen-bond donors (Lipinski definition) is 1. The maximum absolute atomic E-state index is 6.18. The molecule has 2 aromatic carbocycles. The fraction of sp³-hybridized carbons (Fsp3) is 0.167. The first-order valence-corrected chi connectivity index (χ1v) is 9.83. The lowest BCUT2D eigenvalue weighted by molar-refractivity contribution is 0.684. The van der Waals surface area contributed by atoms with Gasteiger partial charge in [0.05, 0.1) is 4.88 Å². The molecular weight excluding hydrogens is 427 g/mol. The molecule has 0 aliphatic carbocycles. The molecule has 24 heavy (non-hydrogen) atoms. The topological polar surface area (TPSA) is 24.9 Å². The Morgan fingerprint density at radius 3 is 2.62 bits per heavy atom. The van der Waals surface area contributed by atoms with Crippen LogP contribution in [0.15, 0.2) is 53.1 Å². The number of hydrogen-bond acceptors (Lipinski definition) is 3. The maximum atomic E-state index is 6.18. The monoisotopic (exact) mass is 440 g/mol. The lowest BCUT2D eigenvalue weighted by atomic mass is 10.1. The van der Waals surface area contributed by atoms with Crippen molar-refractivity contribution >= 4 is 50.5 Å². The molecule has 3 rings (SSSR count). The Hall–Kier alpha value is -0.910. The van der Waals surface area contributed by atoms with Gasteiger partial charge in [-0.05, 0) is 48.4 Å². The SMILES string of the molecule is Clc1ccc(CCNCc2ncc(-c3ccc(Br)cc3)s2)c(Cl)c1. The van der Waals surface area contributed by atoms with Crippen LogP contribution < -0.4 is 5.32 Å². The molecule has 0 fully saturated rings. The zero-order valence-electron chi connectivity index (χ0n) is 12.7. The first-order chi connectivity index (χ1) is 11.6. The minimum absolute atomic E-state index is 0.667. The maximum Gasteiger partial charge on any atom is 0.107 e. The van der Waals surface area contributed by atoms with Crippen molar-refractivity contribution in [3.05, 3.63) is 73.8 Å². The number of nitrogens with one attached hydrogen (secondary N) is 1. The minimum atomic E-state index is 0.667. The van der Waals surface area contributed by atoms with Crippen LogP contribution in [-0.2, 0) is 13.0 Å². The predicted octanol–water partition coefficient (Wildman–Crippen LogP) is 6.21. The van der Waals surface area contributed by atoms with E-state index in [0.29, 0.717) is 5.02 Å². The van der Waals surface area contributed by atoms with Crippen LogP contribution in [0.3, 0.4) is 0 Å². The third-order valence-corrected chi connectivity index (χ3v) is 5.71. The Bertz CT molecular complexity index is 818. The molecule has 1 N–H and O–H groups in total. The molecule has 2 nitrogen and oxygen atoms in total. The largest absolute Gasteiger partial charge is 0.310 e. The van der Waals surface area contributed by atoms with E-state index < -0.39 is 0 Å². The highest BCUT2D eigenvalue weighted by atomic mass is 79.9. The van der Waals surface area contributed by atoms with Crippen molar-refractivity contribution in [3.8, 4) is 10.4 Å². The predicted molar refractivity (Wildman–Crippen MR) is 107 cm³/mol. The van der Waals surface area contributed by atoms with Crippen LogP contribution in [-0.4, -0.2) is 11.5 Å². The quantitative estimate of drug-likeness (QED) is 0.459. The van der Waals surface area contributed by atoms with E-state index >= 15 is 0 Å². The average molecular weight is 442 g/mol. The van der Waals surface area contributed by atoms with Crippen LogP contribution in [0.4, 0.5) is 0 Å². The van der Waals surface area contributed by atoms with E-state index in [4.69, 9.17) is 23.2 Å². The molecule has 124 valence electrons. The van der Waals surface area contributed by atoms with E-state index in [0.717, 1.165) is 39.6 Å². The third kappa shape index (κ3) is 4.80. The summed E-state index contributed by atoms with van der Waals surface area (Å²) in [5, 5.41) is 5.88. The summed E-state index contributed by atoms with van der Waals surface area (Å²) in [7, 11) is 0. The minimum Gasteiger partial charge on any atom is -0.310 e. The second kappa shape index (κ2) is 8.45. The lowest BCUT2D eigenvalue weighted by Crippen LogP contribution is -2.16. The molecular formula is C18H15BrCl2N2S. The van der Waals surface area contributed by atoms with Gasteiger partial charge >= 0.3 is 0 Å². The summed E-state index contributed by atoms with van der Waals surface area (Å²) in [5.41, 5.74) is 2.29. The summed E-state index contributed by atoms with van der Waals surface area (Å²) in [4.78, 5) is 5.67. The van der Waals surface area contributed by atoms with Crippen molar-refractivity contribution < 1.29 is 0 Å². The Morgan fingerprint density at radius 2 is 1.88 bits per heavy atom. The Labute approximate surface area is 164 Å². The van der Waals surface area contributed by atoms with Gasteiger partial charge in [-0.25, -0.2) is 4.98 Å². The molecule has 0 amide bonds. The third-order valence-electron chi connectivity index (χ3n) is 3.54. The summed E-state index contributed by atoms with van der Waals surface area (Å²) in [5.74, 6) is 0. The average Bonchev–Trinajstić information content (AvgIpc) is 3.03. The smallest absolute Gasteiger partial charge is 0.107 e. The van der Waals surface area contributed by atoms with E-state index in [-0.39, 0.29) is 0 Å². The first-order valence-electron chi connectivity index (χ1n) is 7.47. The van der Waals surface area contributed by atoms with Crippen molar-refractivity contribution in [2.45, 2.75) is 13.0 Å². The van der Waals surface area contributed by atoms with Gasteiger partial charge in [-0.15, -0.1) is 11.3 Å². The highest BCUT2D eigenvalue weighted by molar-refractivity contribution is 9.10. The van der Waals surface area contributed by atoms with Crippen LogP contribution in [0, 0.1) is 0 Å². The number of benzene rings is 2. The van der Waals surface area contributed by atoms with Crippen LogP contribution in [0.1, 0.15) is 10.6 Å². The highest BCUT2D eigenvalue weighted by Crippen LogP contribution is 2.27. The molecule has 3 aromatic rings. The Balaban J connectivity index is 1.51. The molecule has 0 aliphatic rings. The summed E-state index contributed by atoms with van der Waals surface area (Å²) >= 11 is 17.3. The molecule has 1 aromatic heterocycles. The van der Waals surface area contributed by atoms with Gasteiger partial charge in [-0.3, -0.25) is 0 Å². The van der Waals surface area contributed by atoms with Gasteiger partial charge in [0.2, 0.25) is 0 Å². The summed E-state index contributed by atoms with van der Waals surface area (Å²) < 4.78 is 1.08. The van der Waals surface area contributed by atoms with E-state index in [1.807, 2.05) is 30.5 Å². The number of thiazole rings is 1. The number of halogens is 3. The van der Waals surface area contributed by atoms with Crippen LogP contribution in [0.2, 0.25) is 10.0 Å². The highest BCUT2D eigenvalue weighted by Gasteiger charge is 2.05. The van der Waals surface area contributed by atoms with Crippen molar-refractivity contribution in [1.82, 2.24) is 10.3 Å². The summed E-state index contributed by atoms with van der Waals surface area (Å²) in [6, 6.07) is 13.9. The molecule has 1 heterocycles.